The molecule has 1 unspecified atom stereocenters. The quantitative estimate of drug-likeness (QED) is 0.370. The molecule has 0 aliphatic heterocycles. The van der Waals surface area contributed by atoms with Crippen molar-refractivity contribution < 1.29 is 13.6 Å². The number of nitrogens with one attached hydrogen (secondary N) is 1. The fraction of sp³-hybridized carbons (Fsp3) is 0.348. The smallest absolute Gasteiger partial charge is 0.233 e. The van der Waals surface area contributed by atoms with Crippen LogP contribution < -0.4 is 22.5 Å². The molecule has 7 nitrogen and oxygen atoms in total. The van der Waals surface area contributed by atoms with Crippen molar-refractivity contribution in [1.82, 2.24) is 0 Å². The van der Waals surface area contributed by atoms with Crippen molar-refractivity contribution in [3.63, 3.8) is 0 Å². The van der Waals surface area contributed by atoms with Gasteiger partial charge in [0.25, 0.3) is 0 Å². The Morgan fingerprint density at radius 2 is 1.81 bits per heavy atom. The number of amides is 1. The molecule has 1 amide bonds. The predicted molar refractivity (Wildman–Crippen MR) is 123 cm³/mol. The van der Waals surface area contributed by atoms with E-state index in [4.69, 9.17) is 17.2 Å². The Balaban J connectivity index is 1.67. The van der Waals surface area contributed by atoms with Gasteiger partial charge in [0.1, 0.15) is 23.4 Å². The maximum absolute atomic E-state index is 13.4. The van der Waals surface area contributed by atoms with Crippen molar-refractivity contribution in [3.05, 3.63) is 60.2 Å². The van der Waals surface area contributed by atoms with Gasteiger partial charge >= 0.3 is 0 Å². The standard InChI is InChI=1S/C23H28F2N6O/c24-15-4-6-17(7-5-15)31-21(27)20(22(28)32)13-29-23(14-26)10-8-18(9-11-23)30-19-3-1-2-16(25)12-19/h1-7,12-13,18,20,30H,8-11,14,26H2,(H2,27,31)(H2,28,32). The molecule has 1 fully saturated rings. The summed E-state index contributed by atoms with van der Waals surface area (Å²) in [4.78, 5) is 20.8. The number of amidine groups is 1. The summed E-state index contributed by atoms with van der Waals surface area (Å²) >= 11 is 0. The summed E-state index contributed by atoms with van der Waals surface area (Å²) in [6.45, 7) is 0.302. The highest BCUT2D eigenvalue weighted by Gasteiger charge is 2.34. The van der Waals surface area contributed by atoms with Crippen LogP contribution in [0, 0.1) is 17.6 Å². The molecular formula is C23H28F2N6O. The lowest BCUT2D eigenvalue weighted by Crippen LogP contribution is -2.44. The van der Waals surface area contributed by atoms with E-state index in [0.717, 1.165) is 18.5 Å². The number of aliphatic imine (C=N–C) groups is 2. The number of benzene rings is 2. The van der Waals surface area contributed by atoms with Gasteiger partial charge < -0.3 is 22.5 Å². The number of carbonyl (C=O) groups is 1. The number of hydrogen-bond donors (Lipinski definition) is 4. The number of nitrogens with two attached hydrogens (primary N) is 3. The zero-order valence-corrected chi connectivity index (χ0v) is 17.7. The van der Waals surface area contributed by atoms with Gasteiger partial charge in [0.05, 0.1) is 11.2 Å². The minimum atomic E-state index is -1.01. The highest BCUT2D eigenvalue weighted by molar-refractivity contribution is 6.14. The minimum absolute atomic E-state index is 0.0264. The van der Waals surface area contributed by atoms with Crippen LogP contribution in [0.4, 0.5) is 20.2 Å². The first-order valence-corrected chi connectivity index (χ1v) is 10.5. The summed E-state index contributed by atoms with van der Waals surface area (Å²) < 4.78 is 26.5. The average molecular weight is 443 g/mol. The van der Waals surface area contributed by atoms with E-state index in [-0.39, 0.29) is 17.7 Å². The van der Waals surface area contributed by atoms with Crippen LogP contribution in [0.2, 0.25) is 0 Å². The van der Waals surface area contributed by atoms with Crippen molar-refractivity contribution in [2.75, 3.05) is 11.9 Å². The molecule has 9 heteroatoms. The molecule has 0 radical (unpaired) electrons. The Bertz CT molecular complexity index is 984. The van der Waals surface area contributed by atoms with Gasteiger partial charge in [-0.05, 0) is 68.1 Å². The summed E-state index contributed by atoms with van der Waals surface area (Å²) in [7, 11) is 0. The maximum atomic E-state index is 13.4. The average Bonchev–Trinajstić information content (AvgIpc) is 2.76. The second-order valence-electron chi connectivity index (χ2n) is 8.03. The van der Waals surface area contributed by atoms with E-state index >= 15 is 0 Å². The van der Waals surface area contributed by atoms with Crippen molar-refractivity contribution >= 4 is 29.3 Å². The van der Waals surface area contributed by atoms with Crippen LogP contribution in [0.15, 0.2) is 58.5 Å². The van der Waals surface area contributed by atoms with Gasteiger partial charge in [-0.25, -0.2) is 13.8 Å². The second kappa shape index (κ2) is 10.3. The second-order valence-corrected chi connectivity index (χ2v) is 8.03. The summed E-state index contributed by atoms with van der Waals surface area (Å²) in [6, 6.07) is 11.9. The van der Waals surface area contributed by atoms with Gasteiger partial charge in [0.2, 0.25) is 5.91 Å². The van der Waals surface area contributed by atoms with Crippen molar-refractivity contribution in [2.24, 2.45) is 33.1 Å². The van der Waals surface area contributed by atoms with Crippen LogP contribution in [0.5, 0.6) is 0 Å². The molecule has 2 aromatic carbocycles. The van der Waals surface area contributed by atoms with Crippen molar-refractivity contribution in [2.45, 2.75) is 37.3 Å². The molecule has 0 spiro atoms. The van der Waals surface area contributed by atoms with Gasteiger partial charge in [-0.15, -0.1) is 0 Å². The third-order valence-electron chi connectivity index (χ3n) is 5.70. The van der Waals surface area contributed by atoms with E-state index in [1.807, 2.05) is 6.07 Å². The molecule has 0 aromatic heterocycles. The van der Waals surface area contributed by atoms with Crippen molar-refractivity contribution in [3.8, 4) is 0 Å². The van der Waals surface area contributed by atoms with Crippen LogP contribution in [0.3, 0.4) is 0 Å². The first-order chi connectivity index (χ1) is 15.3. The number of carbonyl (C=O) groups excluding carboxylic acids is 1. The topological polar surface area (TPSA) is 132 Å². The van der Waals surface area contributed by atoms with Crippen molar-refractivity contribution in [1.29, 1.82) is 0 Å². The lowest BCUT2D eigenvalue weighted by Gasteiger charge is -2.37. The van der Waals surface area contributed by atoms with Gasteiger partial charge in [-0.3, -0.25) is 9.79 Å². The lowest BCUT2D eigenvalue weighted by atomic mass is 9.79. The van der Waals surface area contributed by atoms with Crippen LogP contribution >= 0.6 is 0 Å². The van der Waals surface area contributed by atoms with Gasteiger partial charge in [-0.1, -0.05) is 6.07 Å². The van der Waals surface area contributed by atoms with Crippen LogP contribution in [-0.4, -0.2) is 36.1 Å². The molecule has 0 bridgehead atoms. The SMILES string of the molecule is NCC1(N=CC(C(N)=O)C(N)=Nc2ccc(F)cc2)CCC(Nc2cccc(F)c2)CC1. The van der Waals surface area contributed by atoms with E-state index in [9.17, 15) is 13.6 Å². The zero-order chi connectivity index (χ0) is 23.1. The molecule has 3 rings (SSSR count). The summed E-state index contributed by atoms with van der Waals surface area (Å²) in [5.74, 6) is -2.41. The first kappa shape index (κ1) is 23.3. The van der Waals surface area contributed by atoms with E-state index in [1.54, 1.807) is 6.07 Å². The van der Waals surface area contributed by atoms with E-state index < -0.39 is 23.2 Å². The molecule has 1 aliphatic carbocycles. The molecule has 0 heterocycles. The molecule has 170 valence electrons. The third-order valence-corrected chi connectivity index (χ3v) is 5.70. The zero-order valence-electron chi connectivity index (χ0n) is 17.7. The summed E-state index contributed by atoms with van der Waals surface area (Å²) in [5.41, 5.74) is 18.1. The molecule has 1 atom stereocenters. The fourth-order valence-electron chi connectivity index (χ4n) is 3.76. The number of anilines is 1. The Hall–Kier alpha value is -3.33. The maximum Gasteiger partial charge on any atom is 0.233 e. The van der Waals surface area contributed by atoms with E-state index in [2.05, 4.69) is 15.3 Å². The van der Waals surface area contributed by atoms with Crippen LogP contribution in [-0.2, 0) is 4.79 Å². The predicted octanol–water partition coefficient (Wildman–Crippen LogP) is 2.88. The van der Waals surface area contributed by atoms with Gasteiger partial charge in [0.15, 0.2) is 0 Å². The Kier molecular flexibility index (Phi) is 7.53. The molecular weight excluding hydrogens is 414 g/mol. The third kappa shape index (κ3) is 6.10. The van der Waals surface area contributed by atoms with Crippen LogP contribution in [0.1, 0.15) is 25.7 Å². The van der Waals surface area contributed by atoms with Gasteiger partial charge in [-0.2, -0.15) is 0 Å². The number of nitrogens with zero attached hydrogens (tertiary/aromatic N) is 2. The Morgan fingerprint density at radius 1 is 1.12 bits per heavy atom. The highest BCUT2D eigenvalue weighted by atomic mass is 19.1. The number of rotatable bonds is 8. The lowest BCUT2D eigenvalue weighted by molar-refractivity contribution is -0.118. The molecule has 1 saturated carbocycles. The molecule has 0 saturated heterocycles. The van der Waals surface area contributed by atoms with Gasteiger partial charge in [0, 0.05) is 24.5 Å². The Labute approximate surface area is 185 Å². The summed E-state index contributed by atoms with van der Waals surface area (Å²) in [6.07, 6.45) is 4.36. The first-order valence-electron chi connectivity index (χ1n) is 10.5. The highest BCUT2D eigenvalue weighted by Crippen LogP contribution is 2.32. The molecule has 1 aliphatic rings. The molecule has 2 aromatic rings. The summed E-state index contributed by atoms with van der Waals surface area (Å²) in [5, 5.41) is 3.34. The molecule has 32 heavy (non-hydrogen) atoms. The number of halogens is 2. The number of primary amides is 1. The minimum Gasteiger partial charge on any atom is -0.386 e. The largest absolute Gasteiger partial charge is 0.386 e. The monoisotopic (exact) mass is 442 g/mol. The molecule has 7 N–H and O–H groups in total. The van der Waals surface area contributed by atoms with Crippen LogP contribution in [0.25, 0.3) is 0 Å². The normalized spacial score (nSPS) is 22.6. The Morgan fingerprint density at radius 3 is 2.41 bits per heavy atom. The number of hydrogen-bond acceptors (Lipinski definition) is 5. The fourth-order valence-corrected chi connectivity index (χ4v) is 3.76. The van der Waals surface area contributed by atoms with E-state index in [1.165, 1.54) is 42.6 Å². The van der Waals surface area contributed by atoms with E-state index in [0.29, 0.717) is 25.1 Å².